The Labute approximate surface area is 114 Å². The molecule has 0 aromatic heterocycles. The Morgan fingerprint density at radius 1 is 1.37 bits per heavy atom. The molecule has 0 radical (unpaired) electrons. The van der Waals surface area contributed by atoms with Crippen LogP contribution in [0.15, 0.2) is 30.3 Å². The first-order chi connectivity index (χ1) is 9.15. The summed E-state index contributed by atoms with van der Waals surface area (Å²) in [5, 5.41) is 12.0. The Kier molecular flexibility index (Phi) is 4.56. The van der Waals surface area contributed by atoms with E-state index >= 15 is 0 Å². The van der Waals surface area contributed by atoms with Gasteiger partial charge in [-0.1, -0.05) is 30.3 Å². The van der Waals surface area contributed by atoms with Crippen LogP contribution in [-0.2, 0) is 11.2 Å². The molecule has 1 amide bonds. The van der Waals surface area contributed by atoms with E-state index in [2.05, 4.69) is 5.32 Å². The minimum Gasteiger partial charge on any atom is -0.396 e. The van der Waals surface area contributed by atoms with Crippen molar-refractivity contribution < 1.29 is 9.90 Å². The van der Waals surface area contributed by atoms with Gasteiger partial charge in [0.05, 0.1) is 12.6 Å². The smallest absolute Gasteiger partial charge is 0.236 e. The molecule has 1 atom stereocenters. The molecule has 0 aliphatic heterocycles. The summed E-state index contributed by atoms with van der Waals surface area (Å²) in [4.78, 5) is 11.8. The van der Waals surface area contributed by atoms with Crippen LogP contribution in [0.2, 0.25) is 0 Å². The molecule has 0 spiro atoms. The monoisotopic (exact) mass is 262 g/mol. The van der Waals surface area contributed by atoms with Crippen LogP contribution in [0.1, 0.15) is 24.8 Å². The molecule has 0 unspecified atom stereocenters. The van der Waals surface area contributed by atoms with Crippen LogP contribution in [0.4, 0.5) is 0 Å². The van der Waals surface area contributed by atoms with Crippen LogP contribution in [0.3, 0.4) is 0 Å². The number of benzene rings is 1. The number of hydrogen-bond donors (Lipinski definition) is 3. The predicted octanol–water partition coefficient (Wildman–Crippen LogP) is 0.835. The van der Waals surface area contributed by atoms with Crippen molar-refractivity contribution in [3.8, 4) is 0 Å². The van der Waals surface area contributed by atoms with Gasteiger partial charge in [-0.2, -0.15) is 0 Å². The van der Waals surface area contributed by atoms with E-state index in [4.69, 9.17) is 5.73 Å². The molecule has 4 heteroatoms. The Bertz CT molecular complexity index is 415. The van der Waals surface area contributed by atoms with Crippen LogP contribution >= 0.6 is 0 Å². The third kappa shape index (κ3) is 4.04. The molecule has 0 saturated heterocycles. The minimum atomic E-state index is -0.477. The lowest BCUT2D eigenvalue weighted by molar-refractivity contribution is -0.122. The number of nitrogens with two attached hydrogens (primary N) is 1. The Morgan fingerprint density at radius 3 is 2.63 bits per heavy atom. The first-order valence-electron chi connectivity index (χ1n) is 6.83. The van der Waals surface area contributed by atoms with Crippen molar-refractivity contribution >= 4 is 5.91 Å². The lowest BCUT2D eigenvalue weighted by Crippen LogP contribution is -2.43. The zero-order chi connectivity index (χ0) is 13.7. The largest absolute Gasteiger partial charge is 0.396 e. The highest BCUT2D eigenvalue weighted by atomic mass is 16.3. The normalized spacial score (nSPS) is 17.8. The van der Waals surface area contributed by atoms with E-state index in [1.165, 1.54) is 5.56 Å². The van der Waals surface area contributed by atoms with E-state index < -0.39 is 6.04 Å². The third-order valence-electron chi connectivity index (χ3n) is 3.85. The predicted molar refractivity (Wildman–Crippen MR) is 74.5 cm³/mol. The summed E-state index contributed by atoms with van der Waals surface area (Å²) in [5.74, 6) is -0.115. The number of hydrogen-bond acceptors (Lipinski definition) is 3. The quantitative estimate of drug-likeness (QED) is 0.681. The van der Waals surface area contributed by atoms with E-state index in [1.807, 2.05) is 30.3 Å². The highest BCUT2D eigenvalue weighted by Gasteiger charge is 2.42. The topological polar surface area (TPSA) is 75.4 Å². The SMILES string of the molecule is N[C@@H](CCc1ccccc1)C(=O)NCC1(CO)CC1. The standard InChI is InChI=1S/C15H22N2O2/c16-13(7-6-12-4-2-1-3-5-12)14(19)17-10-15(11-18)8-9-15/h1-5,13,18H,6-11,16H2,(H,17,19)/t13-/m0/s1. The van der Waals surface area contributed by atoms with Crippen LogP contribution in [0, 0.1) is 5.41 Å². The number of aliphatic hydroxyl groups excluding tert-OH is 1. The highest BCUT2D eigenvalue weighted by Crippen LogP contribution is 2.44. The molecule has 19 heavy (non-hydrogen) atoms. The molecule has 0 bridgehead atoms. The van der Waals surface area contributed by atoms with Gasteiger partial charge < -0.3 is 16.2 Å². The average Bonchev–Trinajstić information content (AvgIpc) is 3.24. The third-order valence-corrected chi connectivity index (χ3v) is 3.85. The van der Waals surface area contributed by atoms with E-state index in [0.29, 0.717) is 13.0 Å². The number of rotatable bonds is 7. The van der Waals surface area contributed by atoms with Gasteiger partial charge in [-0.25, -0.2) is 0 Å². The van der Waals surface area contributed by atoms with Crippen LogP contribution in [0.25, 0.3) is 0 Å². The second-order valence-electron chi connectivity index (χ2n) is 5.51. The molecule has 1 aliphatic carbocycles. The van der Waals surface area contributed by atoms with Crippen molar-refractivity contribution in [1.29, 1.82) is 0 Å². The molecule has 2 rings (SSSR count). The van der Waals surface area contributed by atoms with Crippen molar-refractivity contribution in [2.45, 2.75) is 31.7 Å². The van der Waals surface area contributed by atoms with E-state index in [-0.39, 0.29) is 17.9 Å². The summed E-state index contributed by atoms with van der Waals surface area (Å²) in [6.45, 7) is 0.688. The lowest BCUT2D eigenvalue weighted by Gasteiger charge is -2.16. The maximum atomic E-state index is 11.8. The van der Waals surface area contributed by atoms with Gasteiger partial charge in [-0.05, 0) is 31.2 Å². The molecule has 1 aromatic rings. The van der Waals surface area contributed by atoms with Crippen molar-refractivity contribution in [1.82, 2.24) is 5.32 Å². The number of carbonyl (C=O) groups excluding carboxylic acids is 1. The molecular weight excluding hydrogens is 240 g/mol. The highest BCUT2D eigenvalue weighted by molar-refractivity contribution is 5.81. The Hall–Kier alpha value is -1.39. The van der Waals surface area contributed by atoms with Gasteiger partial charge in [-0.3, -0.25) is 4.79 Å². The van der Waals surface area contributed by atoms with Crippen LogP contribution in [-0.4, -0.2) is 30.2 Å². The first kappa shape index (κ1) is 14.0. The van der Waals surface area contributed by atoms with Gasteiger partial charge in [0.2, 0.25) is 5.91 Å². The van der Waals surface area contributed by atoms with Crippen LogP contribution < -0.4 is 11.1 Å². The fourth-order valence-electron chi connectivity index (χ4n) is 2.07. The second kappa shape index (κ2) is 6.17. The van der Waals surface area contributed by atoms with Gasteiger partial charge in [0.25, 0.3) is 0 Å². The molecular formula is C15H22N2O2. The van der Waals surface area contributed by atoms with E-state index in [1.54, 1.807) is 0 Å². The average molecular weight is 262 g/mol. The molecule has 104 valence electrons. The Morgan fingerprint density at radius 2 is 2.05 bits per heavy atom. The summed E-state index contributed by atoms with van der Waals surface area (Å²) in [6.07, 6.45) is 3.43. The fraction of sp³-hybridized carbons (Fsp3) is 0.533. The van der Waals surface area contributed by atoms with Crippen molar-refractivity contribution in [2.24, 2.45) is 11.1 Å². The lowest BCUT2D eigenvalue weighted by atomic mass is 10.0. The summed E-state index contributed by atoms with van der Waals surface area (Å²) in [5.41, 5.74) is 7.02. The van der Waals surface area contributed by atoms with Crippen LogP contribution in [0.5, 0.6) is 0 Å². The van der Waals surface area contributed by atoms with Crippen molar-refractivity contribution in [3.63, 3.8) is 0 Å². The minimum absolute atomic E-state index is 0.0607. The van der Waals surface area contributed by atoms with Gasteiger partial charge in [-0.15, -0.1) is 0 Å². The maximum Gasteiger partial charge on any atom is 0.236 e. The van der Waals surface area contributed by atoms with Crippen molar-refractivity contribution in [3.05, 3.63) is 35.9 Å². The van der Waals surface area contributed by atoms with E-state index in [0.717, 1.165) is 19.3 Å². The maximum absolute atomic E-state index is 11.8. The summed E-state index contributed by atoms with van der Waals surface area (Å²) < 4.78 is 0. The molecule has 1 saturated carbocycles. The number of aliphatic hydroxyl groups is 1. The zero-order valence-corrected chi connectivity index (χ0v) is 11.1. The van der Waals surface area contributed by atoms with Crippen molar-refractivity contribution in [2.75, 3.05) is 13.2 Å². The second-order valence-corrected chi connectivity index (χ2v) is 5.51. The number of nitrogens with one attached hydrogen (secondary N) is 1. The van der Waals surface area contributed by atoms with Gasteiger partial charge >= 0.3 is 0 Å². The molecule has 1 aromatic carbocycles. The number of carbonyl (C=O) groups is 1. The molecule has 4 N–H and O–H groups in total. The summed E-state index contributed by atoms with van der Waals surface area (Å²) in [7, 11) is 0. The first-order valence-corrected chi connectivity index (χ1v) is 6.83. The van der Waals surface area contributed by atoms with Gasteiger partial charge in [0.1, 0.15) is 0 Å². The summed E-state index contributed by atoms with van der Waals surface area (Å²) in [6, 6.07) is 9.54. The zero-order valence-electron chi connectivity index (χ0n) is 11.1. The molecule has 1 aliphatic rings. The Balaban J connectivity index is 1.70. The molecule has 0 heterocycles. The molecule has 4 nitrogen and oxygen atoms in total. The summed E-state index contributed by atoms with van der Waals surface area (Å²) >= 11 is 0. The number of aryl methyl sites for hydroxylation is 1. The molecule has 1 fully saturated rings. The van der Waals surface area contributed by atoms with Gasteiger partial charge in [0.15, 0.2) is 0 Å². The number of amides is 1. The fourth-order valence-corrected chi connectivity index (χ4v) is 2.07. The van der Waals surface area contributed by atoms with E-state index in [9.17, 15) is 9.90 Å². The van der Waals surface area contributed by atoms with Gasteiger partial charge in [0, 0.05) is 12.0 Å².